The minimum Gasteiger partial charge on any atom is -0.351 e. The Morgan fingerprint density at radius 1 is 0.938 bits per heavy atom. The standard InChI is InChI=1S/C24H21N3O4S/c1-16(28)25-14-19-12-13-21(32-19)20(29)15-27-22(30)24(26-23(27)31,17-8-4-2-5-9-17)18-10-6-3-7-11-18/h2-13H,14-15H2,1H3,(H,25,28)(H,26,31). The molecule has 0 bridgehead atoms. The van der Waals surface area contributed by atoms with Crippen LogP contribution in [-0.2, 0) is 21.7 Å². The van der Waals surface area contributed by atoms with Crippen molar-refractivity contribution in [1.82, 2.24) is 15.5 Å². The average Bonchev–Trinajstić information content (AvgIpc) is 3.38. The Hall–Kier alpha value is -3.78. The molecule has 162 valence electrons. The molecule has 4 amide bonds. The summed E-state index contributed by atoms with van der Waals surface area (Å²) in [5.74, 6) is -1.00. The number of benzene rings is 2. The third-order valence-corrected chi connectivity index (χ3v) is 6.40. The summed E-state index contributed by atoms with van der Waals surface area (Å²) in [4.78, 5) is 52.7. The Labute approximate surface area is 189 Å². The first kappa shape index (κ1) is 21.5. The zero-order chi connectivity index (χ0) is 22.7. The summed E-state index contributed by atoms with van der Waals surface area (Å²) in [6, 6.07) is 20.8. The highest BCUT2D eigenvalue weighted by atomic mass is 32.1. The van der Waals surface area contributed by atoms with Crippen molar-refractivity contribution in [2.75, 3.05) is 6.54 Å². The van der Waals surface area contributed by atoms with Crippen molar-refractivity contribution in [1.29, 1.82) is 0 Å². The van der Waals surface area contributed by atoms with Crippen LogP contribution >= 0.6 is 11.3 Å². The molecule has 1 aromatic heterocycles. The number of hydrogen-bond donors (Lipinski definition) is 2. The van der Waals surface area contributed by atoms with Crippen LogP contribution in [0.15, 0.2) is 72.8 Å². The molecule has 4 rings (SSSR count). The van der Waals surface area contributed by atoms with Crippen LogP contribution in [-0.4, -0.2) is 35.1 Å². The molecule has 2 aromatic carbocycles. The van der Waals surface area contributed by atoms with Crippen molar-refractivity contribution in [3.8, 4) is 0 Å². The fraction of sp³-hybridized carbons (Fsp3) is 0.167. The number of amides is 4. The number of nitrogens with one attached hydrogen (secondary N) is 2. The van der Waals surface area contributed by atoms with E-state index >= 15 is 0 Å². The maximum absolute atomic E-state index is 13.6. The molecule has 1 saturated heterocycles. The summed E-state index contributed by atoms with van der Waals surface area (Å²) in [6.07, 6.45) is 0. The van der Waals surface area contributed by atoms with E-state index in [1.54, 1.807) is 60.7 Å². The van der Waals surface area contributed by atoms with E-state index in [-0.39, 0.29) is 18.2 Å². The van der Waals surface area contributed by atoms with E-state index in [1.165, 1.54) is 18.3 Å². The van der Waals surface area contributed by atoms with Crippen molar-refractivity contribution < 1.29 is 19.2 Å². The van der Waals surface area contributed by atoms with Gasteiger partial charge in [-0.2, -0.15) is 0 Å². The second kappa shape index (κ2) is 8.76. The van der Waals surface area contributed by atoms with Crippen LogP contribution in [0, 0.1) is 0 Å². The van der Waals surface area contributed by atoms with Crippen LogP contribution in [0.3, 0.4) is 0 Å². The number of rotatable bonds is 7. The Morgan fingerprint density at radius 2 is 1.53 bits per heavy atom. The molecule has 1 fully saturated rings. The molecular weight excluding hydrogens is 426 g/mol. The molecule has 1 aliphatic heterocycles. The van der Waals surface area contributed by atoms with Gasteiger partial charge in [-0.1, -0.05) is 60.7 Å². The van der Waals surface area contributed by atoms with E-state index in [9.17, 15) is 19.2 Å². The van der Waals surface area contributed by atoms with Gasteiger partial charge in [0.25, 0.3) is 5.91 Å². The van der Waals surface area contributed by atoms with Crippen molar-refractivity contribution in [3.63, 3.8) is 0 Å². The molecule has 8 heteroatoms. The van der Waals surface area contributed by atoms with E-state index in [0.717, 1.165) is 9.78 Å². The highest BCUT2D eigenvalue weighted by Crippen LogP contribution is 2.36. The Morgan fingerprint density at radius 3 is 2.09 bits per heavy atom. The van der Waals surface area contributed by atoms with Gasteiger partial charge in [-0.3, -0.25) is 19.3 Å². The van der Waals surface area contributed by atoms with Crippen molar-refractivity contribution in [2.45, 2.75) is 19.0 Å². The summed E-state index contributed by atoms with van der Waals surface area (Å²) < 4.78 is 0. The number of thiophene rings is 1. The maximum Gasteiger partial charge on any atom is 0.325 e. The van der Waals surface area contributed by atoms with Crippen LogP contribution in [0.2, 0.25) is 0 Å². The number of hydrogen-bond acceptors (Lipinski definition) is 5. The lowest BCUT2D eigenvalue weighted by Crippen LogP contribution is -2.45. The predicted molar refractivity (Wildman–Crippen MR) is 120 cm³/mol. The Bertz CT molecular complexity index is 1130. The van der Waals surface area contributed by atoms with Crippen LogP contribution in [0.4, 0.5) is 4.79 Å². The predicted octanol–water partition coefficient (Wildman–Crippen LogP) is 3.06. The van der Waals surface area contributed by atoms with Gasteiger partial charge in [-0.05, 0) is 23.3 Å². The number of carbonyl (C=O) groups is 4. The lowest BCUT2D eigenvalue weighted by molar-refractivity contribution is -0.130. The monoisotopic (exact) mass is 447 g/mol. The number of ketones is 1. The van der Waals surface area contributed by atoms with Crippen LogP contribution < -0.4 is 10.6 Å². The van der Waals surface area contributed by atoms with Gasteiger partial charge in [0, 0.05) is 11.8 Å². The van der Waals surface area contributed by atoms with Gasteiger partial charge in [0.2, 0.25) is 5.91 Å². The second-order valence-electron chi connectivity index (χ2n) is 7.40. The average molecular weight is 448 g/mol. The minimum atomic E-state index is -1.40. The van der Waals surface area contributed by atoms with E-state index in [4.69, 9.17) is 0 Å². The number of imide groups is 1. The molecule has 0 atom stereocenters. The molecule has 0 saturated carbocycles. The second-order valence-corrected chi connectivity index (χ2v) is 8.57. The molecule has 0 unspecified atom stereocenters. The van der Waals surface area contributed by atoms with Gasteiger partial charge in [-0.25, -0.2) is 4.79 Å². The fourth-order valence-electron chi connectivity index (χ4n) is 3.71. The van der Waals surface area contributed by atoms with Crippen molar-refractivity contribution >= 4 is 35.0 Å². The summed E-state index contributed by atoms with van der Waals surface area (Å²) >= 11 is 1.23. The zero-order valence-electron chi connectivity index (χ0n) is 17.3. The van der Waals surface area contributed by atoms with Gasteiger partial charge in [0.1, 0.15) is 0 Å². The number of Topliss-reactive ketones (excluding diaryl/α,β-unsaturated/α-hetero) is 1. The van der Waals surface area contributed by atoms with Crippen LogP contribution in [0.25, 0.3) is 0 Å². The van der Waals surface area contributed by atoms with Gasteiger partial charge in [-0.15, -0.1) is 11.3 Å². The van der Waals surface area contributed by atoms with E-state index in [1.807, 2.05) is 12.1 Å². The molecule has 7 nitrogen and oxygen atoms in total. The van der Waals surface area contributed by atoms with Crippen LogP contribution in [0.5, 0.6) is 0 Å². The first-order valence-corrected chi connectivity index (χ1v) is 10.8. The van der Waals surface area contributed by atoms with Gasteiger partial charge in [0.05, 0.1) is 18.0 Å². The summed E-state index contributed by atoms with van der Waals surface area (Å²) in [7, 11) is 0. The quantitative estimate of drug-likeness (QED) is 0.430. The number of carbonyl (C=O) groups excluding carboxylic acids is 4. The first-order chi connectivity index (χ1) is 15.4. The van der Waals surface area contributed by atoms with Crippen LogP contribution in [0.1, 0.15) is 32.6 Å². The molecule has 0 spiro atoms. The number of urea groups is 1. The molecule has 3 aromatic rings. The van der Waals surface area contributed by atoms with E-state index in [0.29, 0.717) is 22.5 Å². The van der Waals surface area contributed by atoms with E-state index < -0.39 is 17.5 Å². The highest BCUT2D eigenvalue weighted by Gasteiger charge is 2.54. The normalized spacial score (nSPS) is 14.8. The van der Waals surface area contributed by atoms with E-state index in [2.05, 4.69) is 10.6 Å². The SMILES string of the molecule is CC(=O)NCc1ccc(C(=O)CN2C(=O)NC(c3ccccc3)(c3ccccc3)C2=O)s1. The molecule has 0 aliphatic carbocycles. The summed E-state index contributed by atoms with van der Waals surface area (Å²) in [5.41, 5.74) is -0.159. The lowest BCUT2D eigenvalue weighted by Gasteiger charge is -2.27. The van der Waals surface area contributed by atoms with Gasteiger partial charge in [0.15, 0.2) is 11.3 Å². The lowest BCUT2D eigenvalue weighted by atomic mass is 9.82. The third kappa shape index (κ3) is 3.92. The summed E-state index contributed by atoms with van der Waals surface area (Å²) in [6.45, 7) is 1.37. The largest absolute Gasteiger partial charge is 0.351 e. The molecule has 1 aliphatic rings. The molecule has 2 N–H and O–H groups in total. The Balaban J connectivity index is 1.61. The molecule has 0 radical (unpaired) electrons. The van der Waals surface area contributed by atoms with Crippen molar-refractivity contribution in [2.24, 2.45) is 0 Å². The molecular formula is C24H21N3O4S. The Kier molecular flexibility index (Phi) is 5.87. The third-order valence-electron chi connectivity index (χ3n) is 5.27. The van der Waals surface area contributed by atoms with Gasteiger partial charge < -0.3 is 10.6 Å². The summed E-state index contributed by atoms with van der Waals surface area (Å²) in [5, 5.41) is 5.52. The minimum absolute atomic E-state index is 0.163. The highest BCUT2D eigenvalue weighted by molar-refractivity contribution is 7.14. The molecule has 32 heavy (non-hydrogen) atoms. The fourth-order valence-corrected chi connectivity index (χ4v) is 4.59. The van der Waals surface area contributed by atoms with Crippen molar-refractivity contribution in [3.05, 3.63) is 93.7 Å². The van der Waals surface area contributed by atoms with Gasteiger partial charge >= 0.3 is 6.03 Å². The topological polar surface area (TPSA) is 95.6 Å². The number of nitrogens with zero attached hydrogens (tertiary/aromatic N) is 1. The first-order valence-electron chi connectivity index (χ1n) is 10.0. The molecule has 2 heterocycles. The zero-order valence-corrected chi connectivity index (χ0v) is 18.1. The smallest absolute Gasteiger partial charge is 0.325 e. The maximum atomic E-state index is 13.6.